The number of hydrogen-bond donors (Lipinski definition) is 17. The first-order valence-electron chi connectivity index (χ1n) is 20.3. The second kappa shape index (κ2) is 24.6. The fourth-order valence-corrected chi connectivity index (χ4v) is 9.64. The molecule has 0 aromatic heterocycles. The van der Waals surface area contributed by atoms with Gasteiger partial charge in [-0.3, -0.25) is 46.3 Å². The number of phosphoric acid groups is 3. The third-order valence-electron chi connectivity index (χ3n) is 10.4. The zero-order valence-electron chi connectivity index (χ0n) is 36.5. The summed E-state index contributed by atoms with van der Waals surface area (Å²) in [4.78, 5) is 79.0. The lowest BCUT2D eigenvalue weighted by atomic mass is 9.97. The number of carbonyl (C=O) groups is 4. The molecule has 0 aromatic carbocycles. The molecule has 0 radical (unpaired) electrons. The number of nitrogens with one attached hydrogen (secondary N) is 4. The SMILES string of the molecule is CC(=O)N[C@@H]1[C@@H](OP(=O)(O)OC[C@H]2O[C@H](OP(=O)(O)OC[C@H]3O[C@H](OP(=O)(O)OC[C@H]4O[C@H](O)[C@@H](NC(C)=O)[C@@H](O)[C@@H]4O)[C@@H](NC(C)=O)[C@@H](O)[C@@H]3O)[C@@H](NC(C)=O)[C@@H](O)[C@@H]2O)O[C@H](CO)[C@@H](O)[C@@H]1O. The van der Waals surface area contributed by atoms with Crippen LogP contribution in [0.3, 0.4) is 0 Å². The second-order valence-electron chi connectivity index (χ2n) is 15.8. The monoisotopic (exact) mass is 1070 g/mol. The van der Waals surface area contributed by atoms with E-state index in [1.54, 1.807) is 0 Å². The van der Waals surface area contributed by atoms with Gasteiger partial charge in [0.1, 0.15) is 97.4 Å². The maximum Gasteiger partial charge on any atom is 0.474 e. The third-order valence-corrected chi connectivity index (χ3v) is 13.2. The van der Waals surface area contributed by atoms with Crippen LogP contribution in [0.2, 0.25) is 0 Å². The summed E-state index contributed by atoms with van der Waals surface area (Å²) in [5.74, 6) is -3.42. The van der Waals surface area contributed by atoms with Crippen molar-refractivity contribution < 1.29 is 145 Å². The van der Waals surface area contributed by atoms with Crippen molar-refractivity contribution in [2.45, 2.75) is 150 Å². The Labute approximate surface area is 389 Å². The van der Waals surface area contributed by atoms with Crippen molar-refractivity contribution in [2.75, 3.05) is 26.4 Å². The van der Waals surface area contributed by atoms with E-state index in [1.807, 2.05) is 0 Å². The standard InChI is InChI=1S/C32H57N4O30P3/c1-9(38)33-17-25(46)22(43)14(60-29(17)50)6-57-67(51,52)65-31-19(35-11(3)40)27(48)24(45)16(62-31)8-59-69(55,56)66-32-20(36-12(4)41)28(49)23(44)15(63-32)7-58-68(53,54)64-30-18(34-10(2)39)26(47)21(42)13(5-37)61-30/h13-32,37,42-50H,5-8H2,1-4H3,(H,33,38)(H,34,39)(H,35,40)(H,36,41)(H,51,52)(H,53,54)(H,55,56)/t13-,14-,15-,16-,17+,18+,19+,20+,21-,22-,23-,24-,25-,26-,27-,28-,29+,30-,31-,32-/m1/s1. The van der Waals surface area contributed by atoms with Crippen LogP contribution in [0.1, 0.15) is 27.7 Å². The first kappa shape index (κ1) is 59.2. The zero-order valence-corrected chi connectivity index (χ0v) is 39.2. The molecule has 0 aliphatic carbocycles. The predicted octanol–water partition coefficient (Wildman–Crippen LogP) is -8.82. The Morgan fingerprint density at radius 2 is 0.667 bits per heavy atom. The molecule has 34 nitrogen and oxygen atoms in total. The molecule has 37 heteroatoms. The van der Waals surface area contributed by atoms with E-state index in [0.29, 0.717) is 0 Å². The summed E-state index contributed by atoms with van der Waals surface area (Å²) in [7, 11) is -16.6. The second-order valence-corrected chi connectivity index (χ2v) is 20.0. The molecular formula is C32H57N4O30P3. The van der Waals surface area contributed by atoms with Crippen molar-refractivity contribution >= 4 is 47.1 Å². The molecule has 3 unspecified atom stereocenters. The highest BCUT2D eigenvalue weighted by molar-refractivity contribution is 7.48. The van der Waals surface area contributed by atoms with Gasteiger partial charge < -0.3 is 106 Å². The van der Waals surface area contributed by atoms with Gasteiger partial charge in [-0.15, -0.1) is 0 Å². The van der Waals surface area contributed by atoms with Crippen LogP contribution >= 0.6 is 23.5 Å². The third kappa shape index (κ3) is 16.1. The summed E-state index contributed by atoms with van der Waals surface area (Å²) in [6.45, 7) is -0.788. The highest BCUT2D eigenvalue weighted by Gasteiger charge is 2.53. The Bertz CT molecular complexity index is 1930. The van der Waals surface area contributed by atoms with E-state index in [1.165, 1.54) is 0 Å². The van der Waals surface area contributed by atoms with Crippen molar-refractivity contribution in [3.63, 3.8) is 0 Å². The molecule has 4 fully saturated rings. The zero-order chi connectivity index (χ0) is 52.1. The minimum atomic E-state index is -5.66. The highest BCUT2D eigenvalue weighted by Crippen LogP contribution is 2.50. The molecule has 4 saturated heterocycles. The molecule has 0 bridgehead atoms. The van der Waals surface area contributed by atoms with E-state index < -0.39 is 196 Å². The van der Waals surface area contributed by atoms with Gasteiger partial charge in [0.2, 0.25) is 23.6 Å². The molecule has 4 heterocycles. The van der Waals surface area contributed by atoms with Crippen molar-refractivity contribution in [3.8, 4) is 0 Å². The Morgan fingerprint density at radius 3 is 0.957 bits per heavy atom. The van der Waals surface area contributed by atoms with Gasteiger partial charge >= 0.3 is 23.5 Å². The topological polar surface area (TPSA) is 523 Å². The minimum Gasteiger partial charge on any atom is -0.394 e. The van der Waals surface area contributed by atoms with Crippen LogP contribution < -0.4 is 21.3 Å². The van der Waals surface area contributed by atoms with Crippen molar-refractivity contribution in [1.82, 2.24) is 21.3 Å². The smallest absolute Gasteiger partial charge is 0.394 e. The Hall–Kier alpha value is -2.35. The van der Waals surface area contributed by atoms with E-state index >= 15 is 0 Å². The van der Waals surface area contributed by atoms with Crippen LogP contribution in [0.25, 0.3) is 0 Å². The number of aliphatic hydroxyl groups excluding tert-OH is 10. The van der Waals surface area contributed by atoms with Crippen LogP contribution in [0.5, 0.6) is 0 Å². The van der Waals surface area contributed by atoms with Crippen LogP contribution in [0, 0.1) is 0 Å². The lowest BCUT2D eigenvalue weighted by molar-refractivity contribution is -0.259. The molecule has 0 aromatic rings. The summed E-state index contributed by atoms with van der Waals surface area (Å²) in [6, 6.07) is -7.10. The summed E-state index contributed by atoms with van der Waals surface area (Å²) in [5.41, 5.74) is 0. The molecule has 4 aliphatic rings. The molecule has 4 aliphatic heterocycles. The molecule has 0 saturated carbocycles. The van der Waals surface area contributed by atoms with Crippen LogP contribution in [0.4, 0.5) is 0 Å². The number of rotatable bonds is 20. The largest absolute Gasteiger partial charge is 0.474 e. The molecule has 23 atom stereocenters. The van der Waals surface area contributed by atoms with Crippen molar-refractivity contribution in [3.05, 3.63) is 0 Å². The number of amides is 4. The number of ether oxygens (including phenoxy) is 4. The van der Waals surface area contributed by atoms with Gasteiger partial charge in [0, 0.05) is 27.7 Å². The molecule has 4 rings (SSSR count). The quantitative estimate of drug-likeness (QED) is 0.0504. The van der Waals surface area contributed by atoms with Crippen molar-refractivity contribution in [1.29, 1.82) is 0 Å². The summed E-state index contributed by atoms with van der Waals surface area (Å²) in [6.07, 6.45) is -32.4. The summed E-state index contributed by atoms with van der Waals surface area (Å²) < 4.78 is 90.1. The van der Waals surface area contributed by atoms with Gasteiger partial charge in [-0.05, 0) is 0 Å². The molecule has 0 spiro atoms. The normalized spacial score (nSPS) is 41.1. The number of carbonyl (C=O) groups excluding carboxylic acids is 4. The van der Waals surface area contributed by atoms with E-state index in [2.05, 4.69) is 21.3 Å². The highest BCUT2D eigenvalue weighted by atomic mass is 31.2. The van der Waals surface area contributed by atoms with E-state index in [0.717, 1.165) is 27.7 Å². The number of phosphoric ester groups is 3. The molecular weight excluding hydrogens is 1010 g/mol. The maximum atomic E-state index is 13.3. The molecule has 400 valence electrons. The number of hydrogen-bond acceptors (Lipinski definition) is 27. The first-order chi connectivity index (χ1) is 31.9. The summed E-state index contributed by atoms with van der Waals surface area (Å²) >= 11 is 0. The Balaban J connectivity index is 1.45. The number of aliphatic hydroxyl groups is 10. The lowest BCUT2D eigenvalue weighted by Crippen LogP contribution is -2.65. The average Bonchev–Trinajstić information content (AvgIpc) is 3.23. The van der Waals surface area contributed by atoms with Gasteiger partial charge in [0.25, 0.3) is 0 Å². The van der Waals surface area contributed by atoms with Gasteiger partial charge in [-0.2, -0.15) is 0 Å². The maximum absolute atomic E-state index is 13.3. The van der Waals surface area contributed by atoms with Gasteiger partial charge in [0.15, 0.2) is 25.2 Å². The van der Waals surface area contributed by atoms with Crippen LogP contribution in [-0.4, -0.2) is 238 Å². The average molecular weight is 1070 g/mol. The molecule has 17 N–H and O–H groups in total. The van der Waals surface area contributed by atoms with Gasteiger partial charge in [0.05, 0.1) is 26.4 Å². The van der Waals surface area contributed by atoms with E-state index in [4.69, 9.17) is 46.1 Å². The van der Waals surface area contributed by atoms with Gasteiger partial charge in [-0.25, -0.2) is 13.7 Å². The summed E-state index contributed by atoms with van der Waals surface area (Å²) in [5, 5.41) is 113. The Morgan fingerprint density at radius 1 is 0.420 bits per heavy atom. The van der Waals surface area contributed by atoms with E-state index in [-0.39, 0.29) is 0 Å². The van der Waals surface area contributed by atoms with Gasteiger partial charge in [-0.1, -0.05) is 0 Å². The molecule has 69 heavy (non-hydrogen) atoms. The predicted molar refractivity (Wildman–Crippen MR) is 213 cm³/mol. The fraction of sp³-hybridized carbons (Fsp3) is 0.875. The van der Waals surface area contributed by atoms with Crippen molar-refractivity contribution in [2.24, 2.45) is 0 Å². The van der Waals surface area contributed by atoms with Crippen LogP contribution in [-0.2, 0) is 79.0 Å². The first-order valence-corrected chi connectivity index (χ1v) is 24.8. The van der Waals surface area contributed by atoms with E-state index in [9.17, 15) is 98.6 Å². The Kier molecular flexibility index (Phi) is 21.1. The minimum absolute atomic E-state index is 0.723. The fourth-order valence-electron chi connectivity index (χ4n) is 7.12. The van der Waals surface area contributed by atoms with Crippen LogP contribution in [0.15, 0.2) is 0 Å². The lowest BCUT2D eigenvalue weighted by Gasteiger charge is -2.44. The molecule has 4 amide bonds.